The molecule has 0 aromatic carbocycles. The van der Waals surface area contributed by atoms with Gasteiger partial charge in [-0.25, -0.2) is 0 Å². The Bertz CT molecular complexity index is 134. The molecule has 0 saturated carbocycles. The fourth-order valence-corrected chi connectivity index (χ4v) is 1.08. The van der Waals surface area contributed by atoms with E-state index in [1.54, 1.807) is 6.92 Å². The zero-order valence-corrected chi connectivity index (χ0v) is 8.15. The molecular weight excluding hydrogens is 183 g/mol. The fourth-order valence-electron chi connectivity index (χ4n) is 1.08. The second kappa shape index (κ2) is 4.28. The molecule has 2 nitrogen and oxygen atoms in total. The molecule has 0 saturated heterocycles. The monoisotopic (exact) mass is 199 g/mol. The van der Waals surface area contributed by atoms with E-state index < -0.39 is 18.3 Å². The van der Waals surface area contributed by atoms with E-state index in [1.807, 2.05) is 0 Å². The van der Waals surface area contributed by atoms with Crippen LogP contribution in [0.3, 0.4) is 0 Å². The molecule has 0 unspecified atom stereocenters. The molecule has 0 spiro atoms. The van der Waals surface area contributed by atoms with Crippen LogP contribution in [-0.4, -0.2) is 41.4 Å². The van der Waals surface area contributed by atoms with Crippen LogP contribution in [-0.2, 0) is 0 Å². The van der Waals surface area contributed by atoms with Gasteiger partial charge in [0.2, 0.25) is 0 Å². The lowest BCUT2D eigenvalue weighted by Gasteiger charge is -2.28. The lowest BCUT2D eigenvalue weighted by molar-refractivity contribution is -0.150. The molecule has 1 N–H and O–H groups in total. The molecule has 0 aromatic rings. The van der Waals surface area contributed by atoms with Gasteiger partial charge in [-0.1, -0.05) is 6.92 Å². The second-order valence-corrected chi connectivity index (χ2v) is 3.73. The molecular formula is C8H16F3NO. The van der Waals surface area contributed by atoms with Crippen LogP contribution in [0.4, 0.5) is 13.2 Å². The van der Waals surface area contributed by atoms with Gasteiger partial charge in [-0.3, -0.25) is 4.90 Å². The van der Waals surface area contributed by atoms with E-state index in [-0.39, 0.29) is 13.1 Å². The van der Waals surface area contributed by atoms with Gasteiger partial charge < -0.3 is 5.11 Å². The molecule has 0 rings (SSSR count). The highest BCUT2D eigenvalue weighted by molar-refractivity contribution is 4.73. The first-order valence-electron chi connectivity index (χ1n) is 4.15. The number of hydrogen-bond acceptors (Lipinski definition) is 2. The van der Waals surface area contributed by atoms with Crippen molar-refractivity contribution in [2.45, 2.75) is 32.5 Å². The SMILES string of the molecule is CCN(CC(C)(C)O)CC(F)(F)F. The van der Waals surface area contributed by atoms with Crippen LogP contribution >= 0.6 is 0 Å². The standard InChI is InChI=1S/C8H16F3NO/c1-4-12(5-7(2,3)13)6-8(9,10)11/h13H,4-6H2,1-3H3. The third-order valence-electron chi connectivity index (χ3n) is 1.46. The minimum absolute atomic E-state index is 0.0308. The molecule has 0 aliphatic carbocycles. The highest BCUT2D eigenvalue weighted by atomic mass is 19.4. The van der Waals surface area contributed by atoms with Gasteiger partial charge in [0.25, 0.3) is 0 Å². The zero-order valence-electron chi connectivity index (χ0n) is 8.15. The summed E-state index contributed by atoms with van der Waals surface area (Å²) >= 11 is 0. The molecule has 0 radical (unpaired) electrons. The number of rotatable bonds is 4. The molecule has 80 valence electrons. The van der Waals surface area contributed by atoms with E-state index in [2.05, 4.69) is 0 Å². The Balaban J connectivity index is 4.05. The summed E-state index contributed by atoms with van der Waals surface area (Å²) in [4.78, 5) is 1.17. The summed E-state index contributed by atoms with van der Waals surface area (Å²) in [6.45, 7) is 3.97. The van der Waals surface area contributed by atoms with Gasteiger partial charge in [-0.2, -0.15) is 13.2 Å². The predicted molar refractivity (Wildman–Crippen MR) is 44.5 cm³/mol. The van der Waals surface area contributed by atoms with Crippen LogP contribution in [0.2, 0.25) is 0 Å². The quantitative estimate of drug-likeness (QED) is 0.744. The van der Waals surface area contributed by atoms with Crippen molar-refractivity contribution in [3.8, 4) is 0 Å². The first-order chi connectivity index (χ1) is 5.64. The van der Waals surface area contributed by atoms with Crippen molar-refractivity contribution >= 4 is 0 Å². The normalized spacial score (nSPS) is 13.8. The van der Waals surface area contributed by atoms with E-state index in [9.17, 15) is 18.3 Å². The Morgan fingerprint density at radius 2 is 1.62 bits per heavy atom. The molecule has 5 heteroatoms. The third kappa shape index (κ3) is 8.05. The molecule has 0 amide bonds. The smallest absolute Gasteiger partial charge is 0.389 e. The molecule has 0 atom stereocenters. The Labute approximate surface area is 76.3 Å². The molecule has 0 heterocycles. The summed E-state index contributed by atoms with van der Waals surface area (Å²) in [6.07, 6.45) is -4.19. The first kappa shape index (κ1) is 12.7. The number of halogens is 3. The summed E-state index contributed by atoms with van der Waals surface area (Å²) in [5, 5.41) is 9.31. The van der Waals surface area contributed by atoms with Crippen LogP contribution in [0.1, 0.15) is 20.8 Å². The van der Waals surface area contributed by atoms with Crippen LogP contribution in [0.5, 0.6) is 0 Å². The molecule has 0 fully saturated rings. The summed E-state index contributed by atoms with van der Waals surface area (Å²) in [7, 11) is 0. The van der Waals surface area contributed by atoms with Gasteiger partial charge in [0, 0.05) is 6.54 Å². The molecule has 0 aliphatic rings. The molecule has 0 aromatic heterocycles. The second-order valence-electron chi connectivity index (χ2n) is 3.73. The topological polar surface area (TPSA) is 23.5 Å². The van der Waals surface area contributed by atoms with Crippen molar-refractivity contribution in [2.24, 2.45) is 0 Å². The van der Waals surface area contributed by atoms with Gasteiger partial charge in [-0.05, 0) is 20.4 Å². The van der Waals surface area contributed by atoms with Crippen molar-refractivity contribution in [2.75, 3.05) is 19.6 Å². The van der Waals surface area contributed by atoms with Crippen LogP contribution in [0.15, 0.2) is 0 Å². The number of alkyl halides is 3. The van der Waals surface area contributed by atoms with Crippen molar-refractivity contribution in [3.63, 3.8) is 0 Å². The average Bonchev–Trinajstić information content (AvgIpc) is 1.79. The molecule has 13 heavy (non-hydrogen) atoms. The van der Waals surface area contributed by atoms with Crippen LogP contribution in [0, 0.1) is 0 Å². The van der Waals surface area contributed by atoms with E-state index >= 15 is 0 Å². The lowest BCUT2D eigenvalue weighted by Crippen LogP contribution is -2.43. The highest BCUT2D eigenvalue weighted by Gasteiger charge is 2.31. The number of aliphatic hydroxyl groups is 1. The van der Waals surface area contributed by atoms with E-state index in [0.29, 0.717) is 0 Å². The minimum Gasteiger partial charge on any atom is -0.389 e. The highest BCUT2D eigenvalue weighted by Crippen LogP contribution is 2.17. The van der Waals surface area contributed by atoms with Gasteiger partial charge in [0.05, 0.1) is 12.1 Å². The van der Waals surface area contributed by atoms with Crippen LogP contribution in [0.25, 0.3) is 0 Å². The van der Waals surface area contributed by atoms with Crippen molar-refractivity contribution in [1.29, 1.82) is 0 Å². The summed E-state index contributed by atoms with van der Waals surface area (Å²) in [6, 6.07) is 0. The summed E-state index contributed by atoms with van der Waals surface area (Å²) in [5.41, 5.74) is -1.08. The Morgan fingerprint density at radius 3 is 1.85 bits per heavy atom. The maximum Gasteiger partial charge on any atom is 0.401 e. The minimum atomic E-state index is -4.19. The van der Waals surface area contributed by atoms with E-state index in [4.69, 9.17) is 0 Å². The third-order valence-corrected chi connectivity index (χ3v) is 1.46. The maximum absolute atomic E-state index is 11.9. The van der Waals surface area contributed by atoms with Crippen molar-refractivity contribution in [1.82, 2.24) is 4.90 Å². The largest absolute Gasteiger partial charge is 0.401 e. The van der Waals surface area contributed by atoms with E-state index in [1.165, 1.54) is 18.7 Å². The Hall–Kier alpha value is -0.290. The molecule has 0 bridgehead atoms. The van der Waals surface area contributed by atoms with Crippen LogP contribution < -0.4 is 0 Å². The van der Waals surface area contributed by atoms with Crippen molar-refractivity contribution < 1.29 is 18.3 Å². The fraction of sp³-hybridized carbons (Fsp3) is 1.00. The Kier molecular flexibility index (Phi) is 4.19. The van der Waals surface area contributed by atoms with Gasteiger partial charge in [0.15, 0.2) is 0 Å². The first-order valence-corrected chi connectivity index (χ1v) is 4.15. The predicted octanol–water partition coefficient (Wildman–Crippen LogP) is 1.64. The number of nitrogens with zero attached hydrogens (tertiary/aromatic N) is 1. The average molecular weight is 199 g/mol. The van der Waals surface area contributed by atoms with Crippen molar-refractivity contribution in [3.05, 3.63) is 0 Å². The molecule has 0 aliphatic heterocycles. The number of likely N-dealkylation sites (N-methyl/N-ethyl adjacent to an activating group) is 1. The lowest BCUT2D eigenvalue weighted by atomic mass is 10.1. The van der Waals surface area contributed by atoms with Gasteiger partial charge in [0.1, 0.15) is 0 Å². The summed E-state index contributed by atoms with van der Waals surface area (Å²) < 4.78 is 35.8. The van der Waals surface area contributed by atoms with Gasteiger partial charge >= 0.3 is 6.18 Å². The zero-order chi connectivity index (χ0) is 10.7. The van der Waals surface area contributed by atoms with Gasteiger partial charge in [-0.15, -0.1) is 0 Å². The Morgan fingerprint density at radius 1 is 1.15 bits per heavy atom. The maximum atomic E-state index is 11.9. The number of hydrogen-bond donors (Lipinski definition) is 1. The van der Waals surface area contributed by atoms with E-state index in [0.717, 1.165) is 0 Å². The summed E-state index contributed by atoms with van der Waals surface area (Å²) in [5.74, 6) is 0.